The molecule has 0 amide bonds. The first-order valence-corrected chi connectivity index (χ1v) is 7.49. The third-order valence-corrected chi connectivity index (χ3v) is 4.92. The number of hydrogen-bond donors (Lipinski definition) is 2. The maximum absolute atomic E-state index is 12.2. The van der Waals surface area contributed by atoms with E-state index in [0.29, 0.717) is 37.4 Å². The van der Waals surface area contributed by atoms with Crippen LogP contribution in [0.1, 0.15) is 18.4 Å². The number of anilines is 2. The van der Waals surface area contributed by atoms with E-state index in [1.54, 1.807) is 12.1 Å². The minimum absolute atomic E-state index is 0.396. The molecule has 0 bridgehead atoms. The van der Waals surface area contributed by atoms with Gasteiger partial charge in [-0.2, -0.15) is 0 Å². The molecule has 100 valence electrons. The number of nitrogens with two attached hydrogens (primary N) is 1. The van der Waals surface area contributed by atoms with Gasteiger partial charge in [0, 0.05) is 13.2 Å². The van der Waals surface area contributed by atoms with E-state index >= 15 is 0 Å². The van der Waals surface area contributed by atoms with Crippen molar-refractivity contribution < 1.29 is 13.2 Å². The summed E-state index contributed by atoms with van der Waals surface area (Å²) in [6, 6.07) is 5.28. The summed E-state index contributed by atoms with van der Waals surface area (Å²) in [5, 5.41) is -0.396. The summed E-state index contributed by atoms with van der Waals surface area (Å²) in [5.41, 5.74) is 7.71. The Morgan fingerprint density at radius 2 is 2.00 bits per heavy atom. The number of hydrogen-bond acceptors (Lipinski definition) is 4. The monoisotopic (exact) mass is 270 g/mol. The van der Waals surface area contributed by atoms with E-state index in [9.17, 15) is 8.42 Å². The van der Waals surface area contributed by atoms with E-state index in [1.807, 2.05) is 13.0 Å². The Balaban J connectivity index is 2.16. The Kier molecular flexibility index (Phi) is 3.77. The lowest BCUT2D eigenvalue weighted by Crippen LogP contribution is -2.33. The van der Waals surface area contributed by atoms with Crippen molar-refractivity contribution in [2.24, 2.45) is 0 Å². The van der Waals surface area contributed by atoms with Gasteiger partial charge < -0.3 is 10.5 Å². The summed E-state index contributed by atoms with van der Waals surface area (Å²) in [7, 11) is -3.38. The van der Waals surface area contributed by atoms with E-state index in [1.165, 1.54) is 0 Å². The van der Waals surface area contributed by atoms with Gasteiger partial charge in [-0.25, -0.2) is 8.42 Å². The van der Waals surface area contributed by atoms with Crippen LogP contribution in [0.25, 0.3) is 0 Å². The van der Waals surface area contributed by atoms with E-state index in [4.69, 9.17) is 10.5 Å². The Morgan fingerprint density at radius 1 is 1.33 bits per heavy atom. The molecule has 6 heteroatoms. The fourth-order valence-electron chi connectivity index (χ4n) is 2.00. The highest BCUT2D eigenvalue weighted by Crippen LogP contribution is 2.24. The SMILES string of the molecule is Cc1ccc(NS(=O)(=O)C2CCOCC2)c(N)c1. The number of rotatable bonds is 3. The van der Waals surface area contributed by atoms with Gasteiger partial charge in [-0.05, 0) is 37.5 Å². The van der Waals surface area contributed by atoms with Crippen LogP contribution >= 0.6 is 0 Å². The third-order valence-electron chi connectivity index (χ3n) is 3.07. The van der Waals surface area contributed by atoms with E-state index < -0.39 is 15.3 Å². The van der Waals surface area contributed by atoms with Crippen LogP contribution in [0.15, 0.2) is 18.2 Å². The molecule has 18 heavy (non-hydrogen) atoms. The minimum Gasteiger partial charge on any atom is -0.397 e. The topological polar surface area (TPSA) is 81.4 Å². The van der Waals surface area contributed by atoms with E-state index in [0.717, 1.165) is 5.56 Å². The highest BCUT2D eigenvalue weighted by Gasteiger charge is 2.28. The van der Waals surface area contributed by atoms with Gasteiger partial charge in [0.1, 0.15) is 0 Å². The van der Waals surface area contributed by atoms with E-state index in [2.05, 4.69) is 4.72 Å². The average Bonchev–Trinajstić information content (AvgIpc) is 2.34. The standard InChI is InChI=1S/C12H18N2O3S/c1-9-2-3-12(11(13)8-9)14-18(15,16)10-4-6-17-7-5-10/h2-3,8,10,14H,4-7,13H2,1H3. The molecule has 2 rings (SSSR count). The molecule has 0 aromatic heterocycles. The van der Waals surface area contributed by atoms with Crippen LogP contribution < -0.4 is 10.5 Å². The lowest BCUT2D eigenvalue weighted by atomic mass is 10.2. The van der Waals surface area contributed by atoms with Gasteiger partial charge in [0.25, 0.3) is 0 Å². The first kappa shape index (κ1) is 13.2. The molecule has 0 radical (unpaired) electrons. The van der Waals surface area contributed by atoms with Crippen molar-refractivity contribution in [2.75, 3.05) is 23.7 Å². The summed E-state index contributed by atoms with van der Waals surface area (Å²) in [5.74, 6) is 0. The van der Waals surface area contributed by atoms with Gasteiger partial charge in [0.05, 0.1) is 16.6 Å². The molecule has 0 saturated carbocycles. The summed E-state index contributed by atoms with van der Waals surface area (Å²) < 4.78 is 32.1. The molecule has 0 unspecified atom stereocenters. The van der Waals surface area contributed by atoms with Crippen LogP contribution in [-0.4, -0.2) is 26.9 Å². The highest BCUT2D eigenvalue weighted by atomic mass is 32.2. The smallest absolute Gasteiger partial charge is 0.235 e. The molecule has 1 aromatic carbocycles. The second-order valence-corrected chi connectivity index (χ2v) is 6.51. The Bertz CT molecular complexity index is 522. The van der Waals surface area contributed by atoms with Crippen molar-refractivity contribution in [1.82, 2.24) is 0 Å². The number of ether oxygens (including phenoxy) is 1. The molecule has 1 aromatic rings. The van der Waals surface area contributed by atoms with Gasteiger partial charge in [0.15, 0.2) is 0 Å². The second-order valence-electron chi connectivity index (χ2n) is 4.55. The van der Waals surface area contributed by atoms with Gasteiger partial charge >= 0.3 is 0 Å². The zero-order valence-electron chi connectivity index (χ0n) is 10.3. The maximum atomic E-state index is 12.2. The Morgan fingerprint density at radius 3 is 2.61 bits per heavy atom. The summed E-state index contributed by atoms with van der Waals surface area (Å²) in [6.45, 7) is 2.90. The van der Waals surface area contributed by atoms with Gasteiger partial charge in [-0.1, -0.05) is 6.07 Å². The lowest BCUT2D eigenvalue weighted by Gasteiger charge is -2.23. The molecule has 1 heterocycles. The van der Waals surface area contributed by atoms with Crippen LogP contribution in [-0.2, 0) is 14.8 Å². The number of aryl methyl sites for hydroxylation is 1. The van der Waals surface area contributed by atoms with Crippen LogP contribution in [0.2, 0.25) is 0 Å². The quantitative estimate of drug-likeness (QED) is 0.815. The van der Waals surface area contributed by atoms with Crippen LogP contribution in [0.3, 0.4) is 0 Å². The summed E-state index contributed by atoms with van der Waals surface area (Å²) >= 11 is 0. The summed E-state index contributed by atoms with van der Waals surface area (Å²) in [6.07, 6.45) is 1.06. The molecule has 5 nitrogen and oxygen atoms in total. The number of benzene rings is 1. The van der Waals surface area contributed by atoms with Crippen LogP contribution in [0, 0.1) is 6.92 Å². The first-order chi connectivity index (χ1) is 8.49. The molecule has 3 N–H and O–H groups in total. The minimum atomic E-state index is -3.38. The Labute approximate surface area is 107 Å². The molecular weight excluding hydrogens is 252 g/mol. The van der Waals surface area contributed by atoms with Crippen molar-refractivity contribution in [3.63, 3.8) is 0 Å². The number of nitrogen functional groups attached to an aromatic ring is 1. The highest BCUT2D eigenvalue weighted by molar-refractivity contribution is 7.93. The number of nitrogens with one attached hydrogen (secondary N) is 1. The van der Waals surface area contributed by atoms with Gasteiger partial charge in [-0.3, -0.25) is 4.72 Å². The van der Waals surface area contributed by atoms with E-state index in [-0.39, 0.29) is 0 Å². The van der Waals surface area contributed by atoms with Crippen molar-refractivity contribution in [3.05, 3.63) is 23.8 Å². The molecule has 1 saturated heterocycles. The normalized spacial score (nSPS) is 17.6. The predicted octanol–water partition coefficient (Wildman–Crippen LogP) is 1.50. The molecule has 1 aliphatic heterocycles. The second kappa shape index (κ2) is 5.16. The first-order valence-electron chi connectivity index (χ1n) is 5.94. The van der Waals surface area contributed by atoms with Gasteiger partial charge in [0.2, 0.25) is 10.0 Å². The van der Waals surface area contributed by atoms with Crippen molar-refractivity contribution in [3.8, 4) is 0 Å². The van der Waals surface area contributed by atoms with Crippen molar-refractivity contribution in [1.29, 1.82) is 0 Å². The molecular formula is C12H18N2O3S. The van der Waals surface area contributed by atoms with Crippen LogP contribution in [0.5, 0.6) is 0 Å². The zero-order valence-corrected chi connectivity index (χ0v) is 11.2. The summed E-state index contributed by atoms with van der Waals surface area (Å²) in [4.78, 5) is 0. The molecule has 0 atom stereocenters. The third kappa shape index (κ3) is 2.94. The molecule has 0 aliphatic carbocycles. The zero-order chi connectivity index (χ0) is 13.2. The maximum Gasteiger partial charge on any atom is 0.235 e. The molecule has 1 aliphatic rings. The average molecular weight is 270 g/mol. The van der Waals surface area contributed by atoms with Gasteiger partial charge in [-0.15, -0.1) is 0 Å². The Hall–Kier alpha value is -1.27. The van der Waals surface area contributed by atoms with Crippen LogP contribution in [0.4, 0.5) is 11.4 Å². The number of sulfonamides is 1. The van der Waals surface area contributed by atoms with Crippen molar-refractivity contribution in [2.45, 2.75) is 25.0 Å². The molecule has 1 fully saturated rings. The fraction of sp³-hybridized carbons (Fsp3) is 0.500. The largest absolute Gasteiger partial charge is 0.397 e. The predicted molar refractivity (Wildman–Crippen MR) is 72.0 cm³/mol. The van der Waals surface area contributed by atoms with Crippen molar-refractivity contribution >= 4 is 21.4 Å². The lowest BCUT2D eigenvalue weighted by molar-refractivity contribution is 0.0984. The molecule has 0 spiro atoms. The fourth-order valence-corrected chi connectivity index (χ4v) is 3.47.